The number of likely N-dealkylation sites (tertiary alicyclic amines) is 1. The second-order valence-electron chi connectivity index (χ2n) is 3.94. The zero-order chi connectivity index (χ0) is 9.19. The molecule has 0 bridgehead atoms. The first-order chi connectivity index (χ1) is 5.61. The molecule has 1 atom stereocenters. The summed E-state index contributed by atoms with van der Waals surface area (Å²) in [7, 11) is 0. The van der Waals surface area contributed by atoms with Gasteiger partial charge in [0, 0.05) is 18.0 Å². The van der Waals surface area contributed by atoms with Gasteiger partial charge in [-0.3, -0.25) is 4.90 Å². The van der Waals surface area contributed by atoms with Crippen molar-refractivity contribution in [3.63, 3.8) is 0 Å². The monoisotopic (exact) mass is 189 g/mol. The Balaban J connectivity index is 2.66. The summed E-state index contributed by atoms with van der Waals surface area (Å²) in [5.74, 6) is 0.605. The van der Waals surface area contributed by atoms with Gasteiger partial charge in [-0.05, 0) is 26.7 Å². The van der Waals surface area contributed by atoms with Gasteiger partial charge in [0.2, 0.25) is 0 Å². The smallest absolute Gasteiger partial charge is 0.137 e. The normalized spacial score (nSPS) is 29.1. The molecule has 1 heterocycles. The fourth-order valence-electron chi connectivity index (χ4n) is 1.95. The first kappa shape index (κ1) is 10.0. The van der Waals surface area contributed by atoms with Gasteiger partial charge in [-0.2, -0.15) is 0 Å². The molecule has 1 aliphatic heterocycles. The van der Waals surface area contributed by atoms with Crippen molar-refractivity contribution in [1.29, 1.82) is 0 Å². The largest absolute Gasteiger partial charge is 0.302 e. The molecule has 0 aromatic rings. The van der Waals surface area contributed by atoms with E-state index < -0.39 is 0 Å². The van der Waals surface area contributed by atoms with Crippen LogP contribution in [-0.4, -0.2) is 35.2 Å². The van der Waals surface area contributed by atoms with Gasteiger partial charge in [0.25, 0.3) is 0 Å². The summed E-state index contributed by atoms with van der Waals surface area (Å²) >= 11 is 5.67. The molecule has 1 fully saturated rings. The van der Waals surface area contributed by atoms with Gasteiger partial charge in [0.05, 0.1) is 6.04 Å². The zero-order valence-electron chi connectivity index (χ0n) is 7.72. The van der Waals surface area contributed by atoms with E-state index >= 15 is 0 Å². The van der Waals surface area contributed by atoms with Crippen molar-refractivity contribution in [2.75, 3.05) is 12.4 Å². The highest BCUT2D eigenvalue weighted by molar-refractivity contribution is 6.18. The lowest BCUT2D eigenvalue weighted by Gasteiger charge is -2.33. The Kier molecular flexibility index (Phi) is 3.13. The molecule has 0 aromatic carbocycles. The standard InChI is InChI=1S/C9H16ClNO/c1-9(2)4-3-8(7-12)11(9)6-5-10/h7-8H,3-6H2,1-2H3. The average molecular weight is 190 g/mol. The third kappa shape index (κ3) is 1.80. The molecular formula is C9H16ClNO. The predicted octanol–water partition coefficient (Wildman–Crippen LogP) is 1.67. The van der Waals surface area contributed by atoms with Crippen molar-refractivity contribution in [3.05, 3.63) is 0 Å². The molecule has 1 rings (SSSR count). The lowest BCUT2D eigenvalue weighted by atomic mass is 10.0. The van der Waals surface area contributed by atoms with E-state index in [0.29, 0.717) is 5.88 Å². The maximum atomic E-state index is 10.7. The fourth-order valence-corrected chi connectivity index (χ4v) is 2.13. The molecule has 1 aliphatic rings. The Morgan fingerprint density at radius 3 is 2.83 bits per heavy atom. The molecule has 0 aliphatic carbocycles. The number of aldehydes is 1. The number of hydrogen-bond acceptors (Lipinski definition) is 2. The minimum atomic E-state index is 0.0961. The van der Waals surface area contributed by atoms with Crippen LogP contribution >= 0.6 is 11.6 Å². The SMILES string of the molecule is CC1(C)CCC(C=O)N1CCCl. The molecule has 12 heavy (non-hydrogen) atoms. The third-order valence-electron chi connectivity index (χ3n) is 2.71. The Bertz CT molecular complexity index is 170. The minimum absolute atomic E-state index is 0.0961. The molecule has 1 saturated heterocycles. The van der Waals surface area contributed by atoms with E-state index in [0.717, 1.165) is 25.7 Å². The number of rotatable bonds is 3. The Hall–Kier alpha value is -0.0800. The molecule has 0 N–H and O–H groups in total. The highest BCUT2D eigenvalue weighted by atomic mass is 35.5. The van der Waals surface area contributed by atoms with Gasteiger partial charge < -0.3 is 4.79 Å². The zero-order valence-corrected chi connectivity index (χ0v) is 8.47. The van der Waals surface area contributed by atoms with Crippen LogP contribution in [0, 0.1) is 0 Å². The summed E-state index contributed by atoms with van der Waals surface area (Å²) in [6.07, 6.45) is 3.11. The maximum Gasteiger partial charge on any atom is 0.137 e. The fraction of sp³-hybridized carbons (Fsp3) is 0.889. The number of carbonyl (C=O) groups excluding carboxylic acids is 1. The van der Waals surface area contributed by atoms with E-state index in [-0.39, 0.29) is 11.6 Å². The number of alkyl halides is 1. The maximum absolute atomic E-state index is 10.7. The van der Waals surface area contributed by atoms with Gasteiger partial charge in [0.1, 0.15) is 6.29 Å². The minimum Gasteiger partial charge on any atom is -0.302 e. The first-order valence-corrected chi connectivity index (χ1v) is 4.93. The quantitative estimate of drug-likeness (QED) is 0.497. The summed E-state index contributed by atoms with van der Waals surface area (Å²) in [5, 5.41) is 0. The van der Waals surface area contributed by atoms with Gasteiger partial charge in [-0.1, -0.05) is 0 Å². The molecule has 0 saturated carbocycles. The van der Waals surface area contributed by atoms with E-state index in [1.54, 1.807) is 0 Å². The summed E-state index contributed by atoms with van der Waals surface area (Å²) < 4.78 is 0. The lowest BCUT2D eigenvalue weighted by molar-refractivity contribution is -0.112. The highest BCUT2D eigenvalue weighted by Crippen LogP contribution is 2.31. The van der Waals surface area contributed by atoms with Gasteiger partial charge in [-0.15, -0.1) is 11.6 Å². The van der Waals surface area contributed by atoms with Crippen LogP contribution in [0.1, 0.15) is 26.7 Å². The Morgan fingerprint density at radius 1 is 1.67 bits per heavy atom. The second-order valence-corrected chi connectivity index (χ2v) is 4.31. The molecule has 0 amide bonds. The molecule has 70 valence electrons. The van der Waals surface area contributed by atoms with Crippen LogP contribution in [0.5, 0.6) is 0 Å². The Morgan fingerprint density at radius 2 is 2.33 bits per heavy atom. The van der Waals surface area contributed by atoms with Crippen LogP contribution < -0.4 is 0 Å². The topological polar surface area (TPSA) is 20.3 Å². The summed E-state index contributed by atoms with van der Waals surface area (Å²) in [6, 6.07) is 0.0961. The predicted molar refractivity (Wildman–Crippen MR) is 50.6 cm³/mol. The van der Waals surface area contributed by atoms with E-state index in [1.807, 2.05) is 0 Å². The average Bonchev–Trinajstić information content (AvgIpc) is 2.29. The van der Waals surface area contributed by atoms with Crippen molar-refractivity contribution >= 4 is 17.9 Å². The van der Waals surface area contributed by atoms with Crippen molar-refractivity contribution < 1.29 is 4.79 Å². The molecular weight excluding hydrogens is 174 g/mol. The first-order valence-electron chi connectivity index (χ1n) is 4.40. The van der Waals surface area contributed by atoms with E-state index in [9.17, 15) is 4.79 Å². The van der Waals surface area contributed by atoms with Crippen LogP contribution in [0.4, 0.5) is 0 Å². The molecule has 3 heteroatoms. The van der Waals surface area contributed by atoms with E-state index in [4.69, 9.17) is 11.6 Å². The Labute approximate surface area is 78.9 Å². The summed E-state index contributed by atoms with van der Waals surface area (Å²) in [4.78, 5) is 12.9. The van der Waals surface area contributed by atoms with Crippen LogP contribution in [0.3, 0.4) is 0 Å². The highest BCUT2D eigenvalue weighted by Gasteiger charge is 2.38. The van der Waals surface area contributed by atoms with Gasteiger partial charge in [-0.25, -0.2) is 0 Å². The van der Waals surface area contributed by atoms with E-state index in [1.165, 1.54) is 0 Å². The third-order valence-corrected chi connectivity index (χ3v) is 2.88. The van der Waals surface area contributed by atoms with Crippen molar-refractivity contribution in [1.82, 2.24) is 4.90 Å². The lowest BCUT2D eigenvalue weighted by Crippen LogP contribution is -2.44. The second kappa shape index (κ2) is 3.75. The van der Waals surface area contributed by atoms with Crippen LogP contribution in [0.2, 0.25) is 0 Å². The number of nitrogens with zero attached hydrogens (tertiary/aromatic N) is 1. The number of halogens is 1. The molecule has 0 radical (unpaired) electrons. The van der Waals surface area contributed by atoms with Gasteiger partial charge >= 0.3 is 0 Å². The molecule has 0 aromatic heterocycles. The van der Waals surface area contributed by atoms with Crippen LogP contribution in [0.15, 0.2) is 0 Å². The van der Waals surface area contributed by atoms with Crippen LogP contribution in [-0.2, 0) is 4.79 Å². The van der Waals surface area contributed by atoms with Crippen molar-refractivity contribution in [2.24, 2.45) is 0 Å². The molecule has 2 nitrogen and oxygen atoms in total. The number of hydrogen-bond donors (Lipinski definition) is 0. The molecule has 1 unspecified atom stereocenters. The molecule has 0 spiro atoms. The number of carbonyl (C=O) groups is 1. The summed E-state index contributed by atoms with van der Waals surface area (Å²) in [5.41, 5.74) is 0.153. The van der Waals surface area contributed by atoms with Crippen LogP contribution in [0.25, 0.3) is 0 Å². The van der Waals surface area contributed by atoms with Crippen molar-refractivity contribution in [3.8, 4) is 0 Å². The van der Waals surface area contributed by atoms with Crippen molar-refractivity contribution in [2.45, 2.75) is 38.3 Å². The van der Waals surface area contributed by atoms with Gasteiger partial charge in [0.15, 0.2) is 0 Å². The van der Waals surface area contributed by atoms with E-state index in [2.05, 4.69) is 18.7 Å². The summed E-state index contributed by atoms with van der Waals surface area (Å²) in [6.45, 7) is 5.16.